The normalized spacial score (nSPS) is 21.5. The molecule has 0 amide bonds. The van der Waals surface area contributed by atoms with Crippen molar-refractivity contribution < 1.29 is 5.11 Å². The van der Waals surface area contributed by atoms with Crippen LogP contribution in [0.4, 0.5) is 0 Å². The van der Waals surface area contributed by atoms with Gasteiger partial charge in [0.05, 0.1) is 11.9 Å². The third-order valence-corrected chi connectivity index (χ3v) is 3.74. The molecule has 96 valence electrons. The van der Waals surface area contributed by atoms with Crippen LogP contribution in [0.2, 0.25) is 0 Å². The zero-order valence-corrected chi connectivity index (χ0v) is 10.5. The summed E-state index contributed by atoms with van der Waals surface area (Å²) >= 11 is 0. The zero-order chi connectivity index (χ0) is 12.4. The van der Waals surface area contributed by atoms with Crippen molar-refractivity contribution in [2.45, 2.75) is 19.4 Å². The summed E-state index contributed by atoms with van der Waals surface area (Å²) in [5.41, 5.74) is 2.23. The number of aliphatic hydroxyl groups excluding tert-OH is 1. The van der Waals surface area contributed by atoms with Crippen LogP contribution in [0.15, 0.2) is 30.6 Å². The van der Waals surface area contributed by atoms with Crippen molar-refractivity contribution in [2.24, 2.45) is 5.92 Å². The molecule has 4 nitrogen and oxygen atoms in total. The summed E-state index contributed by atoms with van der Waals surface area (Å²) in [7, 11) is 0. The highest BCUT2D eigenvalue weighted by atomic mass is 16.3. The second-order valence-corrected chi connectivity index (χ2v) is 5.10. The lowest BCUT2D eigenvalue weighted by Crippen LogP contribution is -2.36. The van der Waals surface area contributed by atoms with E-state index in [1.807, 2.05) is 24.4 Å². The van der Waals surface area contributed by atoms with Crippen LogP contribution < -0.4 is 0 Å². The average Bonchev–Trinajstić information content (AvgIpc) is 2.83. The first-order valence-electron chi connectivity index (χ1n) is 6.61. The highest BCUT2D eigenvalue weighted by molar-refractivity contribution is 5.39. The van der Waals surface area contributed by atoms with Crippen molar-refractivity contribution in [1.29, 1.82) is 0 Å². The van der Waals surface area contributed by atoms with Gasteiger partial charge < -0.3 is 9.51 Å². The van der Waals surface area contributed by atoms with E-state index in [2.05, 4.69) is 20.5 Å². The molecule has 1 aliphatic rings. The fraction of sp³-hybridized carbons (Fsp3) is 0.500. The maximum absolute atomic E-state index is 9.26. The number of pyridine rings is 1. The number of piperidine rings is 1. The summed E-state index contributed by atoms with van der Waals surface area (Å²) in [5, 5.41) is 9.26. The number of nitrogens with zero attached hydrogens (tertiary/aromatic N) is 3. The monoisotopic (exact) mass is 245 g/mol. The predicted octanol–water partition coefficient (Wildman–Crippen LogP) is 1.54. The Hall–Kier alpha value is -1.39. The number of aromatic nitrogens is 2. The Morgan fingerprint density at radius 1 is 1.39 bits per heavy atom. The Morgan fingerprint density at radius 2 is 2.33 bits per heavy atom. The largest absolute Gasteiger partial charge is 0.396 e. The molecule has 1 saturated heterocycles. The molecule has 18 heavy (non-hydrogen) atoms. The Bertz CT molecular complexity index is 522. The van der Waals surface area contributed by atoms with Crippen molar-refractivity contribution in [3.8, 4) is 0 Å². The first-order valence-corrected chi connectivity index (χ1v) is 6.61. The Balaban J connectivity index is 1.76. The van der Waals surface area contributed by atoms with Crippen molar-refractivity contribution in [3.05, 3.63) is 36.3 Å². The van der Waals surface area contributed by atoms with Gasteiger partial charge in [0.15, 0.2) is 0 Å². The zero-order valence-electron chi connectivity index (χ0n) is 10.5. The second-order valence-electron chi connectivity index (χ2n) is 5.10. The molecule has 2 aromatic heterocycles. The summed E-state index contributed by atoms with van der Waals surface area (Å²) < 4.78 is 2.14. The standard InChI is InChI=1S/C14H19N3O/c18-11-12-4-3-6-16(9-12)10-13-8-15-14-5-1-2-7-17(13)14/h1-2,5,7-8,12,18H,3-4,6,9-11H2. The van der Waals surface area contributed by atoms with Gasteiger partial charge in [-0.1, -0.05) is 6.07 Å². The van der Waals surface area contributed by atoms with Gasteiger partial charge >= 0.3 is 0 Å². The number of likely N-dealkylation sites (tertiary alicyclic amines) is 1. The van der Waals surface area contributed by atoms with Gasteiger partial charge in [-0.25, -0.2) is 4.98 Å². The predicted molar refractivity (Wildman–Crippen MR) is 70.3 cm³/mol. The Labute approximate surface area is 107 Å². The van der Waals surface area contributed by atoms with Gasteiger partial charge in [0.2, 0.25) is 0 Å². The van der Waals surface area contributed by atoms with E-state index < -0.39 is 0 Å². The molecule has 1 fully saturated rings. The Morgan fingerprint density at radius 3 is 3.22 bits per heavy atom. The lowest BCUT2D eigenvalue weighted by molar-refractivity contribution is 0.115. The minimum Gasteiger partial charge on any atom is -0.396 e. The van der Waals surface area contributed by atoms with Gasteiger partial charge in [-0.15, -0.1) is 0 Å². The fourth-order valence-electron chi connectivity index (χ4n) is 2.78. The van der Waals surface area contributed by atoms with Gasteiger partial charge in [0.1, 0.15) is 5.65 Å². The number of rotatable bonds is 3. The van der Waals surface area contributed by atoms with Gasteiger partial charge in [-0.3, -0.25) is 4.90 Å². The van der Waals surface area contributed by atoms with E-state index in [1.54, 1.807) is 0 Å². The van der Waals surface area contributed by atoms with E-state index in [9.17, 15) is 5.11 Å². The minimum absolute atomic E-state index is 0.309. The van der Waals surface area contributed by atoms with E-state index in [0.29, 0.717) is 12.5 Å². The molecular formula is C14H19N3O. The number of hydrogen-bond donors (Lipinski definition) is 1. The first-order chi connectivity index (χ1) is 8.86. The lowest BCUT2D eigenvalue weighted by Gasteiger charge is -2.31. The third kappa shape index (κ3) is 2.26. The molecular weight excluding hydrogens is 226 g/mol. The van der Waals surface area contributed by atoms with E-state index in [0.717, 1.165) is 31.7 Å². The first kappa shape index (κ1) is 11.7. The molecule has 1 atom stereocenters. The molecule has 0 saturated carbocycles. The summed E-state index contributed by atoms with van der Waals surface area (Å²) in [6.07, 6.45) is 6.35. The van der Waals surface area contributed by atoms with Crippen molar-refractivity contribution in [2.75, 3.05) is 19.7 Å². The van der Waals surface area contributed by atoms with Crippen molar-refractivity contribution in [3.63, 3.8) is 0 Å². The van der Waals surface area contributed by atoms with Gasteiger partial charge in [-0.2, -0.15) is 0 Å². The smallest absolute Gasteiger partial charge is 0.136 e. The van der Waals surface area contributed by atoms with Gasteiger partial charge in [-0.05, 0) is 37.4 Å². The van der Waals surface area contributed by atoms with Gasteiger partial charge in [0.25, 0.3) is 0 Å². The number of hydrogen-bond acceptors (Lipinski definition) is 3. The number of imidazole rings is 1. The van der Waals surface area contributed by atoms with Crippen LogP contribution in [0.1, 0.15) is 18.5 Å². The number of fused-ring (bicyclic) bond motifs is 1. The van der Waals surface area contributed by atoms with Crippen LogP contribution in [-0.2, 0) is 6.54 Å². The highest BCUT2D eigenvalue weighted by Crippen LogP contribution is 2.18. The van der Waals surface area contributed by atoms with Gasteiger partial charge in [0, 0.05) is 25.9 Å². The molecule has 1 unspecified atom stereocenters. The fourth-order valence-corrected chi connectivity index (χ4v) is 2.78. The number of aliphatic hydroxyl groups is 1. The van der Waals surface area contributed by atoms with E-state index in [1.165, 1.54) is 12.1 Å². The molecule has 0 spiro atoms. The van der Waals surface area contributed by atoms with Crippen LogP contribution >= 0.6 is 0 Å². The third-order valence-electron chi connectivity index (χ3n) is 3.74. The molecule has 3 heterocycles. The topological polar surface area (TPSA) is 40.8 Å². The quantitative estimate of drug-likeness (QED) is 0.891. The molecule has 4 heteroatoms. The lowest BCUT2D eigenvalue weighted by atomic mass is 9.99. The van der Waals surface area contributed by atoms with Crippen LogP contribution in [-0.4, -0.2) is 39.1 Å². The van der Waals surface area contributed by atoms with Crippen LogP contribution in [0.25, 0.3) is 5.65 Å². The molecule has 0 aliphatic carbocycles. The van der Waals surface area contributed by atoms with Crippen molar-refractivity contribution in [1.82, 2.24) is 14.3 Å². The molecule has 0 radical (unpaired) electrons. The average molecular weight is 245 g/mol. The Kier molecular flexibility index (Phi) is 3.30. The summed E-state index contributed by atoms with van der Waals surface area (Å²) in [4.78, 5) is 6.83. The van der Waals surface area contributed by atoms with Crippen LogP contribution in [0.5, 0.6) is 0 Å². The van der Waals surface area contributed by atoms with Crippen LogP contribution in [0.3, 0.4) is 0 Å². The molecule has 1 aliphatic heterocycles. The minimum atomic E-state index is 0.309. The summed E-state index contributed by atoms with van der Waals surface area (Å²) in [5.74, 6) is 0.443. The molecule has 3 rings (SSSR count). The maximum Gasteiger partial charge on any atom is 0.136 e. The van der Waals surface area contributed by atoms with E-state index >= 15 is 0 Å². The van der Waals surface area contributed by atoms with Crippen molar-refractivity contribution >= 4 is 5.65 Å². The molecule has 1 N–H and O–H groups in total. The molecule has 0 aromatic carbocycles. The second kappa shape index (κ2) is 5.08. The maximum atomic E-state index is 9.26. The summed E-state index contributed by atoms with van der Waals surface area (Å²) in [6.45, 7) is 3.35. The highest BCUT2D eigenvalue weighted by Gasteiger charge is 2.19. The molecule has 2 aromatic rings. The van der Waals surface area contributed by atoms with E-state index in [4.69, 9.17) is 0 Å². The summed E-state index contributed by atoms with van der Waals surface area (Å²) in [6, 6.07) is 6.07. The SMILES string of the molecule is OCC1CCCN(Cc2cnc3ccccn23)C1. The molecule has 0 bridgehead atoms. The van der Waals surface area contributed by atoms with Crippen LogP contribution in [0, 0.1) is 5.92 Å². The van der Waals surface area contributed by atoms with E-state index in [-0.39, 0.29) is 0 Å².